The van der Waals surface area contributed by atoms with E-state index < -0.39 is 0 Å². The van der Waals surface area contributed by atoms with Crippen LogP contribution in [0.4, 0.5) is 0 Å². The average molecular weight is 240 g/mol. The maximum atomic E-state index is 12.2. The fourth-order valence-electron chi connectivity index (χ4n) is 2.86. The van der Waals surface area contributed by atoms with Crippen molar-refractivity contribution in [3.8, 4) is 0 Å². The van der Waals surface area contributed by atoms with E-state index in [9.17, 15) is 4.79 Å². The lowest BCUT2D eigenvalue weighted by Crippen LogP contribution is -2.58. The van der Waals surface area contributed by atoms with Crippen LogP contribution in [0.5, 0.6) is 0 Å². The van der Waals surface area contributed by atoms with Gasteiger partial charge in [-0.1, -0.05) is 6.92 Å². The van der Waals surface area contributed by atoms with Gasteiger partial charge in [-0.15, -0.1) is 0 Å². The summed E-state index contributed by atoms with van der Waals surface area (Å²) in [5, 5.41) is 3.28. The van der Waals surface area contributed by atoms with Crippen molar-refractivity contribution >= 4 is 5.91 Å². The molecule has 0 aromatic carbocycles. The van der Waals surface area contributed by atoms with Crippen molar-refractivity contribution in [1.29, 1.82) is 0 Å². The number of carbonyl (C=O) groups is 1. The molecular weight excluding hydrogens is 216 g/mol. The summed E-state index contributed by atoms with van der Waals surface area (Å²) in [5.74, 6) is 0.304. The number of likely N-dealkylation sites (N-methyl/N-ethyl adjacent to an activating group) is 1. The van der Waals surface area contributed by atoms with Crippen molar-refractivity contribution in [2.24, 2.45) is 0 Å². The van der Waals surface area contributed by atoms with Crippen LogP contribution in [0.1, 0.15) is 39.5 Å². The summed E-state index contributed by atoms with van der Waals surface area (Å²) in [4.78, 5) is 14.3. The molecule has 17 heavy (non-hydrogen) atoms. The first kappa shape index (κ1) is 12.8. The quantitative estimate of drug-likeness (QED) is 0.784. The first-order valence-corrected chi connectivity index (χ1v) is 6.91. The molecule has 2 rings (SSSR count). The third-order valence-corrected chi connectivity index (χ3v) is 3.84. The third kappa shape index (κ3) is 2.80. The van der Waals surface area contributed by atoms with Gasteiger partial charge in [0.2, 0.25) is 5.91 Å². The standard InChI is InChI=1S/C13H24N2O2/c1-3-14-12-6-5-7-15(13(12)16)10-8-11(9-10)17-4-2/h10-12,14H,3-9H2,1-2H3. The number of hydrogen-bond donors (Lipinski definition) is 1. The van der Waals surface area contributed by atoms with Crippen LogP contribution < -0.4 is 5.32 Å². The van der Waals surface area contributed by atoms with E-state index in [0.29, 0.717) is 18.1 Å². The van der Waals surface area contributed by atoms with Gasteiger partial charge in [0.05, 0.1) is 12.1 Å². The summed E-state index contributed by atoms with van der Waals surface area (Å²) < 4.78 is 5.55. The van der Waals surface area contributed by atoms with Gasteiger partial charge in [0.25, 0.3) is 0 Å². The van der Waals surface area contributed by atoms with E-state index in [4.69, 9.17) is 4.74 Å². The number of ether oxygens (including phenoxy) is 1. The minimum absolute atomic E-state index is 0.0555. The molecule has 1 heterocycles. The number of rotatable bonds is 5. The molecular formula is C13H24N2O2. The number of likely N-dealkylation sites (tertiary alicyclic amines) is 1. The molecule has 1 saturated heterocycles. The molecule has 1 unspecified atom stereocenters. The van der Waals surface area contributed by atoms with Crippen molar-refractivity contribution in [3.05, 3.63) is 0 Å². The smallest absolute Gasteiger partial charge is 0.239 e. The van der Waals surface area contributed by atoms with Gasteiger partial charge in [-0.25, -0.2) is 0 Å². The van der Waals surface area contributed by atoms with E-state index in [1.165, 1.54) is 0 Å². The molecule has 0 bridgehead atoms. The van der Waals surface area contributed by atoms with Crippen LogP contribution in [-0.2, 0) is 9.53 Å². The summed E-state index contributed by atoms with van der Waals surface area (Å²) in [6.07, 6.45) is 4.55. The minimum atomic E-state index is 0.0555. The second kappa shape index (κ2) is 5.83. The van der Waals surface area contributed by atoms with Gasteiger partial charge in [-0.05, 0) is 39.2 Å². The topological polar surface area (TPSA) is 41.6 Å². The lowest BCUT2D eigenvalue weighted by Gasteiger charge is -2.45. The molecule has 0 aromatic heterocycles. The SMILES string of the molecule is CCNC1CCCN(C2CC(OCC)C2)C1=O. The number of carbonyl (C=O) groups excluding carboxylic acids is 1. The maximum Gasteiger partial charge on any atom is 0.239 e. The molecule has 1 saturated carbocycles. The van der Waals surface area contributed by atoms with Crippen LogP contribution in [0, 0.1) is 0 Å². The Bertz CT molecular complexity index is 262. The van der Waals surface area contributed by atoms with Crippen LogP contribution >= 0.6 is 0 Å². The number of nitrogens with one attached hydrogen (secondary N) is 1. The molecule has 0 aromatic rings. The molecule has 1 aliphatic heterocycles. The highest BCUT2D eigenvalue weighted by molar-refractivity contribution is 5.83. The fourth-order valence-corrected chi connectivity index (χ4v) is 2.86. The van der Waals surface area contributed by atoms with E-state index >= 15 is 0 Å². The molecule has 0 radical (unpaired) electrons. The highest BCUT2D eigenvalue weighted by Gasteiger charge is 2.39. The molecule has 2 aliphatic rings. The third-order valence-electron chi connectivity index (χ3n) is 3.84. The van der Waals surface area contributed by atoms with Crippen molar-refractivity contribution < 1.29 is 9.53 Å². The van der Waals surface area contributed by atoms with Gasteiger partial charge in [0.1, 0.15) is 0 Å². The summed E-state index contributed by atoms with van der Waals surface area (Å²) in [6, 6.07) is 0.486. The highest BCUT2D eigenvalue weighted by atomic mass is 16.5. The number of nitrogens with zero attached hydrogens (tertiary/aromatic N) is 1. The van der Waals surface area contributed by atoms with Gasteiger partial charge in [0.15, 0.2) is 0 Å². The zero-order valence-electron chi connectivity index (χ0n) is 10.9. The average Bonchev–Trinajstić information content (AvgIpc) is 2.27. The Labute approximate surface area is 104 Å². The molecule has 1 aliphatic carbocycles. The lowest BCUT2D eigenvalue weighted by atomic mass is 9.86. The zero-order valence-corrected chi connectivity index (χ0v) is 10.9. The summed E-state index contributed by atoms with van der Waals surface area (Å²) in [6.45, 7) is 6.67. The Balaban J connectivity index is 1.83. The van der Waals surface area contributed by atoms with Gasteiger partial charge in [0, 0.05) is 19.2 Å². The predicted molar refractivity (Wildman–Crippen MR) is 66.8 cm³/mol. The van der Waals surface area contributed by atoms with Gasteiger partial charge < -0.3 is 15.0 Å². The molecule has 4 nitrogen and oxygen atoms in total. The number of amides is 1. The zero-order chi connectivity index (χ0) is 12.3. The highest BCUT2D eigenvalue weighted by Crippen LogP contribution is 2.30. The molecule has 1 atom stereocenters. The van der Waals surface area contributed by atoms with Crippen molar-refractivity contribution in [3.63, 3.8) is 0 Å². The fraction of sp³-hybridized carbons (Fsp3) is 0.923. The van der Waals surface area contributed by atoms with Crippen LogP contribution in [0.25, 0.3) is 0 Å². The normalized spacial score (nSPS) is 33.6. The van der Waals surface area contributed by atoms with Crippen LogP contribution in [0.2, 0.25) is 0 Å². The van der Waals surface area contributed by atoms with E-state index in [0.717, 1.165) is 45.4 Å². The Hall–Kier alpha value is -0.610. The maximum absolute atomic E-state index is 12.2. The van der Waals surface area contributed by atoms with Crippen LogP contribution in [0.3, 0.4) is 0 Å². The van der Waals surface area contributed by atoms with Crippen molar-refractivity contribution in [1.82, 2.24) is 10.2 Å². The van der Waals surface area contributed by atoms with Gasteiger partial charge >= 0.3 is 0 Å². The van der Waals surface area contributed by atoms with E-state index in [1.807, 2.05) is 6.92 Å². The molecule has 98 valence electrons. The van der Waals surface area contributed by atoms with Gasteiger partial charge in [-0.2, -0.15) is 0 Å². The van der Waals surface area contributed by atoms with E-state index in [2.05, 4.69) is 17.1 Å². The Kier molecular flexibility index (Phi) is 4.40. The minimum Gasteiger partial charge on any atom is -0.378 e. The molecule has 2 fully saturated rings. The van der Waals surface area contributed by atoms with Crippen LogP contribution in [0.15, 0.2) is 0 Å². The molecule has 0 spiro atoms. The summed E-state index contributed by atoms with van der Waals surface area (Å²) in [7, 11) is 0. The monoisotopic (exact) mass is 240 g/mol. The second-order valence-electron chi connectivity index (χ2n) is 4.99. The Morgan fingerprint density at radius 1 is 1.41 bits per heavy atom. The lowest BCUT2D eigenvalue weighted by molar-refractivity contribution is -0.144. The number of piperidine rings is 1. The first-order chi connectivity index (χ1) is 8.26. The summed E-state index contributed by atoms with van der Waals surface area (Å²) >= 11 is 0. The molecule has 4 heteroatoms. The molecule has 1 amide bonds. The second-order valence-corrected chi connectivity index (χ2v) is 4.99. The predicted octanol–water partition coefficient (Wildman–Crippen LogP) is 1.15. The summed E-state index contributed by atoms with van der Waals surface area (Å²) in [5.41, 5.74) is 0. The van der Waals surface area contributed by atoms with E-state index in [1.54, 1.807) is 0 Å². The Morgan fingerprint density at radius 2 is 2.18 bits per heavy atom. The number of hydrogen-bond acceptors (Lipinski definition) is 3. The van der Waals surface area contributed by atoms with E-state index in [-0.39, 0.29) is 6.04 Å². The van der Waals surface area contributed by atoms with Crippen molar-refractivity contribution in [2.45, 2.75) is 57.7 Å². The van der Waals surface area contributed by atoms with Crippen LogP contribution in [-0.4, -0.2) is 48.7 Å². The van der Waals surface area contributed by atoms with Gasteiger partial charge in [-0.3, -0.25) is 4.79 Å². The first-order valence-electron chi connectivity index (χ1n) is 6.91. The van der Waals surface area contributed by atoms with Crippen molar-refractivity contribution in [2.75, 3.05) is 19.7 Å². The molecule has 1 N–H and O–H groups in total. The largest absolute Gasteiger partial charge is 0.378 e. The Morgan fingerprint density at radius 3 is 2.82 bits per heavy atom.